The molecule has 1 aromatic carbocycles. The second-order valence-electron chi connectivity index (χ2n) is 7.20. The number of anilines is 1. The van der Waals surface area contributed by atoms with Crippen molar-refractivity contribution >= 4 is 32.7 Å². The van der Waals surface area contributed by atoms with E-state index in [9.17, 15) is 4.79 Å². The molecule has 0 spiro atoms. The summed E-state index contributed by atoms with van der Waals surface area (Å²) in [5.41, 5.74) is 2.15. The Bertz CT molecular complexity index is 916. The lowest BCUT2D eigenvalue weighted by atomic mass is 9.96. The fourth-order valence-electron chi connectivity index (χ4n) is 3.62. The van der Waals surface area contributed by atoms with Gasteiger partial charge in [-0.2, -0.15) is 0 Å². The number of aromatic nitrogens is 2. The average molecular weight is 411 g/mol. The number of hydrogen-bond donors (Lipinski definition) is 1. The first kappa shape index (κ1) is 19.6. The van der Waals surface area contributed by atoms with E-state index in [0.717, 1.165) is 53.6 Å². The molecule has 1 aliphatic heterocycles. The van der Waals surface area contributed by atoms with Crippen LogP contribution in [-0.4, -0.2) is 42.1 Å². The molecule has 1 N–H and O–H groups in total. The number of ether oxygens (including phenoxy) is 1. The van der Waals surface area contributed by atoms with Gasteiger partial charge in [0.1, 0.15) is 16.1 Å². The Morgan fingerprint density at radius 3 is 2.76 bits per heavy atom. The quantitative estimate of drug-likeness (QED) is 0.644. The summed E-state index contributed by atoms with van der Waals surface area (Å²) < 4.78 is 5.46. The van der Waals surface area contributed by atoms with Crippen molar-refractivity contribution in [3.63, 3.8) is 0 Å². The van der Waals surface area contributed by atoms with Gasteiger partial charge in [-0.15, -0.1) is 0 Å². The molecule has 152 valence electrons. The number of hydrogen-bond acceptors (Lipinski definition) is 6. The largest absolute Gasteiger partial charge is 0.494 e. The maximum atomic E-state index is 12.5. The summed E-state index contributed by atoms with van der Waals surface area (Å²) in [6.07, 6.45) is 4.35. The van der Waals surface area contributed by atoms with Gasteiger partial charge in [0.2, 0.25) is 5.91 Å². The molecule has 29 heavy (non-hydrogen) atoms. The zero-order valence-corrected chi connectivity index (χ0v) is 17.5. The number of carbonyl (C=O) groups excluding carboxylic acids is 1. The molecule has 1 fully saturated rings. The normalized spacial score (nSPS) is 14.9. The van der Waals surface area contributed by atoms with Crippen LogP contribution in [0.5, 0.6) is 5.75 Å². The number of pyridine rings is 1. The van der Waals surface area contributed by atoms with Crippen LogP contribution in [0, 0.1) is 5.92 Å². The van der Waals surface area contributed by atoms with Gasteiger partial charge in [-0.05, 0) is 56.0 Å². The SMILES string of the molecule is CCOc1ccc(CCNC(=O)C2CCN(c3nc4cccnc4s3)CC2)cc1. The monoisotopic (exact) mass is 410 g/mol. The van der Waals surface area contributed by atoms with Crippen molar-refractivity contribution in [1.82, 2.24) is 15.3 Å². The third-order valence-corrected chi connectivity index (χ3v) is 6.28. The summed E-state index contributed by atoms with van der Waals surface area (Å²) in [6.45, 7) is 5.03. The van der Waals surface area contributed by atoms with Crippen LogP contribution in [0.2, 0.25) is 0 Å². The van der Waals surface area contributed by atoms with Crippen LogP contribution in [0.3, 0.4) is 0 Å². The Kier molecular flexibility index (Phi) is 6.24. The van der Waals surface area contributed by atoms with Gasteiger partial charge in [-0.25, -0.2) is 9.97 Å². The lowest BCUT2D eigenvalue weighted by Gasteiger charge is -2.31. The Morgan fingerprint density at radius 1 is 1.24 bits per heavy atom. The van der Waals surface area contributed by atoms with Crippen LogP contribution in [0.4, 0.5) is 5.13 Å². The highest BCUT2D eigenvalue weighted by atomic mass is 32.1. The van der Waals surface area contributed by atoms with E-state index in [0.29, 0.717) is 13.2 Å². The number of fused-ring (bicyclic) bond motifs is 1. The minimum Gasteiger partial charge on any atom is -0.494 e. The molecule has 0 aliphatic carbocycles. The van der Waals surface area contributed by atoms with Gasteiger partial charge in [0.05, 0.1) is 6.61 Å². The number of piperidine rings is 1. The molecule has 6 nitrogen and oxygen atoms in total. The Balaban J connectivity index is 1.22. The molecule has 1 amide bonds. The van der Waals surface area contributed by atoms with Gasteiger partial charge in [0.25, 0.3) is 0 Å². The minimum atomic E-state index is 0.0825. The van der Waals surface area contributed by atoms with E-state index in [-0.39, 0.29) is 11.8 Å². The fourth-order valence-corrected chi connectivity index (χ4v) is 4.58. The first-order chi connectivity index (χ1) is 14.2. The molecule has 0 radical (unpaired) electrons. The zero-order valence-electron chi connectivity index (χ0n) is 16.6. The summed E-state index contributed by atoms with van der Waals surface area (Å²) in [5, 5.41) is 4.11. The van der Waals surface area contributed by atoms with Crippen molar-refractivity contribution in [1.29, 1.82) is 0 Å². The molecule has 3 aromatic rings. The van der Waals surface area contributed by atoms with E-state index < -0.39 is 0 Å². The predicted molar refractivity (Wildman–Crippen MR) is 117 cm³/mol. The topological polar surface area (TPSA) is 67.3 Å². The smallest absolute Gasteiger partial charge is 0.223 e. The highest BCUT2D eigenvalue weighted by Crippen LogP contribution is 2.30. The number of rotatable bonds is 7. The van der Waals surface area contributed by atoms with Gasteiger partial charge in [0, 0.05) is 31.7 Å². The summed E-state index contributed by atoms with van der Waals surface area (Å²) >= 11 is 1.62. The summed E-state index contributed by atoms with van der Waals surface area (Å²) in [5.74, 6) is 1.14. The first-order valence-corrected chi connectivity index (χ1v) is 11.0. The lowest BCUT2D eigenvalue weighted by Crippen LogP contribution is -2.41. The second-order valence-corrected chi connectivity index (χ2v) is 8.16. The van der Waals surface area contributed by atoms with Crippen molar-refractivity contribution in [2.24, 2.45) is 5.92 Å². The molecule has 1 aliphatic rings. The van der Waals surface area contributed by atoms with Crippen molar-refractivity contribution in [3.8, 4) is 5.75 Å². The van der Waals surface area contributed by atoms with Crippen molar-refractivity contribution in [2.45, 2.75) is 26.2 Å². The van der Waals surface area contributed by atoms with Crippen molar-refractivity contribution in [2.75, 3.05) is 31.1 Å². The van der Waals surface area contributed by atoms with Crippen LogP contribution >= 0.6 is 11.3 Å². The predicted octanol–water partition coefficient (Wildman–Crippen LogP) is 3.67. The van der Waals surface area contributed by atoms with Crippen molar-refractivity contribution in [3.05, 3.63) is 48.2 Å². The molecule has 0 unspecified atom stereocenters. The van der Waals surface area contributed by atoms with Crippen molar-refractivity contribution < 1.29 is 9.53 Å². The van der Waals surface area contributed by atoms with Gasteiger partial charge in [0.15, 0.2) is 5.13 Å². The van der Waals surface area contributed by atoms with Crippen LogP contribution in [0.25, 0.3) is 10.3 Å². The van der Waals surface area contributed by atoms with Crippen LogP contribution in [-0.2, 0) is 11.2 Å². The standard InChI is InChI=1S/C22H26N4O2S/c1-2-28-18-7-5-16(6-8-18)9-13-23-20(27)17-10-14-26(15-11-17)22-25-19-4-3-12-24-21(19)29-22/h3-8,12,17H,2,9-11,13-15H2,1H3,(H,23,27). The highest BCUT2D eigenvalue weighted by Gasteiger charge is 2.26. The molecule has 2 aromatic heterocycles. The number of amides is 1. The Labute approximate surface area is 174 Å². The van der Waals surface area contributed by atoms with Crippen LogP contribution in [0.15, 0.2) is 42.6 Å². The highest BCUT2D eigenvalue weighted by molar-refractivity contribution is 7.21. The number of benzene rings is 1. The Morgan fingerprint density at radius 2 is 2.03 bits per heavy atom. The van der Waals surface area contributed by atoms with E-state index in [2.05, 4.69) is 32.3 Å². The maximum Gasteiger partial charge on any atom is 0.223 e. The van der Waals surface area contributed by atoms with E-state index >= 15 is 0 Å². The molecule has 0 atom stereocenters. The van der Waals surface area contributed by atoms with E-state index in [1.807, 2.05) is 31.2 Å². The van der Waals surface area contributed by atoms with E-state index in [4.69, 9.17) is 4.74 Å². The lowest BCUT2D eigenvalue weighted by molar-refractivity contribution is -0.125. The molecule has 1 saturated heterocycles. The maximum absolute atomic E-state index is 12.5. The van der Waals surface area contributed by atoms with E-state index in [1.54, 1.807) is 17.5 Å². The number of thiazole rings is 1. The molecular weight excluding hydrogens is 384 g/mol. The van der Waals surface area contributed by atoms with Crippen LogP contribution < -0.4 is 15.0 Å². The molecular formula is C22H26N4O2S. The second kappa shape index (κ2) is 9.22. The van der Waals surface area contributed by atoms with E-state index in [1.165, 1.54) is 5.56 Å². The number of nitrogens with zero attached hydrogens (tertiary/aromatic N) is 3. The summed E-state index contributed by atoms with van der Waals surface area (Å²) in [4.78, 5) is 24.8. The zero-order chi connectivity index (χ0) is 20.1. The third-order valence-electron chi connectivity index (χ3n) is 5.24. The van der Waals surface area contributed by atoms with Gasteiger partial charge >= 0.3 is 0 Å². The molecule has 0 saturated carbocycles. The molecule has 4 rings (SSSR count). The van der Waals surface area contributed by atoms with Gasteiger partial charge in [-0.3, -0.25) is 4.79 Å². The van der Waals surface area contributed by atoms with Gasteiger partial charge in [-0.1, -0.05) is 23.5 Å². The third kappa shape index (κ3) is 4.85. The summed E-state index contributed by atoms with van der Waals surface area (Å²) in [6, 6.07) is 12.0. The van der Waals surface area contributed by atoms with Crippen LogP contribution in [0.1, 0.15) is 25.3 Å². The Hall–Kier alpha value is -2.67. The number of carbonyl (C=O) groups is 1. The molecule has 0 bridgehead atoms. The molecule has 3 heterocycles. The average Bonchev–Trinajstić information content (AvgIpc) is 3.19. The summed E-state index contributed by atoms with van der Waals surface area (Å²) in [7, 11) is 0. The molecule has 7 heteroatoms. The number of nitrogens with one attached hydrogen (secondary N) is 1. The first-order valence-electron chi connectivity index (χ1n) is 10.2. The minimum absolute atomic E-state index is 0.0825. The van der Waals surface area contributed by atoms with Gasteiger partial charge < -0.3 is 15.0 Å². The fraction of sp³-hybridized carbons (Fsp3) is 0.409.